The number of carbonyl (C=O) groups excluding carboxylic acids is 3. The van der Waals surface area contributed by atoms with Gasteiger partial charge in [0.25, 0.3) is 5.91 Å². The molecule has 1 aliphatic rings. The van der Waals surface area contributed by atoms with Gasteiger partial charge in [0, 0.05) is 6.08 Å². The highest BCUT2D eigenvalue weighted by atomic mass is 32.2. The van der Waals surface area contributed by atoms with Crippen molar-refractivity contribution in [2.24, 2.45) is 0 Å². The molecular weight excluding hydrogens is 332 g/mol. The van der Waals surface area contributed by atoms with Gasteiger partial charge in [0.05, 0.1) is 6.61 Å². The fourth-order valence-electron chi connectivity index (χ4n) is 1.86. The fraction of sp³-hybridized carbons (Fsp3) is 0.312. The third kappa shape index (κ3) is 5.31. The number of esters is 1. The van der Waals surface area contributed by atoms with Crippen LogP contribution in [0.2, 0.25) is 0 Å². The number of hydrogen-bond donors (Lipinski definition) is 2. The number of hydrogen-bond acceptors (Lipinski definition) is 6. The average molecular weight is 350 g/mol. The topological polar surface area (TPSA) is 93.7 Å². The van der Waals surface area contributed by atoms with Crippen molar-refractivity contribution in [2.75, 3.05) is 13.2 Å². The van der Waals surface area contributed by atoms with Gasteiger partial charge in [0.2, 0.25) is 5.91 Å². The summed E-state index contributed by atoms with van der Waals surface area (Å²) in [7, 11) is 0. The lowest BCUT2D eigenvalue weighted by Crippen LogP contribution is -2.67. The monoisotopic (exact) mass is 350 g/mol. The van der Waals surface area contributed by atoms with Gasteiger partial charge in [-0.05, 0) is 24.5 Å². The Hall–Kier alpha value is -2.48. The summed E-state index contributed by atoms with van der Waals surface area (Å²) in [6.07, 6.45) is 1.27. The summed E-state index contributed by atoms with van der Waals surface area (Å²) in [5.41, 5.74) is 0. The van der Waals surface area contributed by atoms with Gasteiger partial charge in [-0.3, -0.25) is 9.59 Å². The Morgan fingerprint density at radius 3 is 2.75 bits per heavy atom. The van der Waals surface area contributed by atoms with Crippen molar-refractivity contribution in [3.05, 3.63) is 41.8 Å². The van der Waals surface area contributed by atoms with E-state index in [0.29, 0.717) is 12.4 Å². The van der Waals surface area contributed by atoms with E-state index in [9.17, 15) is 14.4 Å². The largest absolute Gasteiger partial charge is 0.484 e. The van der Waals surface area contributed by atoms with Gasteiger partial charge in [0.15, 0.2) is 6.61 Å². The van der Waals surface area contributed by atoms with Crippen LogP contribution in [0.3, 0.4) is 0 Å². The summed E-state index contributed by atoms with van der Waals surface area (Å²) < 4.78 is 10.1. The Kier molecular flexibility index (Phi) is 6.68. The van der Waals surface area contributed by atoms with Gasteiger partial charge in [-0.1, -0.05) is 18.2 Å². The predicted molar refractivity (Wildman–Crippen MR) is 89.2 cm³/mol. The fourth-order valence-corrected chi connectivity index (χ4v) is 2.75. The van der Waals surface area contributed by atoms with Gasteiger partial charge in [-0.2, -0.15) is 0 Å². The Bertz CT molecular complexity index is 620. The van der Waals surface area contributed by atoms with Crippen LogP contribution in [0.15, 0.2) is 41.8 Å². The predicted octanol–water partition coefficient (Wildman–Crippen LogP) is 0.816. The van der Waals surface area contributed by atoms with E-state index in [-0.39, 0.29) is 17.9 Å². The van der Waals surface area contributed by atoms with Crippen LogP contribution in [0.1, 0.15) is 6.92 Å². The average Bonchev–Trinajstić information content (AvgIpc) is 2.58. The molecule has 1 aromatic rings. The normalized spacial score (nSPS) is 19.3. The Morgan fingerprint density at radius 2 is 2.08 bits per heavy atom. The summed E-state index contributed by atoms with van der Waals surface area (Å²) in [6, 6.07) is 8.26. The van der Waals surface area contributed by atoms with E-state index in [0.717, 1.165) is 0 Å². The van der Waals surface area contributed by atoms with Crippen LogP contribution < -0.4 is 15.4 Å². The van der Waals surface area contributed by atoms with Gasteiger partial charge in [0.1, 0.15) is 17.2 Å². The maximum absolute atomic E-state index is 11.9. The minimum absolute atomic E-state index is 0.177. The zero-order chi connectivity index (χ0) is 17.4. The summed E-state index contributed by atoms with van der Waals surface area (Å²) >= 11 is 1.22. The number of benzene rings is 1. The van der Waals surface area contributed by atoms with E-state index in [1.165, 1.54) is 23.2 Å². The molecule has 0 saturated carbocycles. The summed E-state index contributed by atoms with van der Waals surface area (Å²) in [6.45, 7) is 1.84. The Morgan fingerprint density at radius 1 is 1.33 bits per heavy atom. The van der Waals surface area contributed by atoms with Crippen molar-refractivity contribution in [1.29, 1.82) is 0 Å². The van der Waals surface area contributed by atoms with Crippen LogP contribution in [0.4, 0.5) is 0 Å². The second kappa shape index (κ2) is 8.97. The lowest BCUT2D eigenvalue weighted by Gasteiger charge is -2.35. The lowest BCUT2D eigenvalue weighted by atomic mass is 10.1. The van der Waals surface area contributed by atoms with Crippen molar-refractivity contribution >= 4 is 29.5 Å². The molecule has 2 atom stereocenters. The minimum Gasteiger partial charge on any atom is -0.484 e. The Labute approximate surface area is 143 Å². The third-order valence-electron chi connectivity index (χ3n) is 3.02. The number of amides is 2. The van der Waals surface area contributed by atoms with Crippen LogP contribution in [0.5, 0.6) is 5.75 Å². The minimum atomic E-state index is -0.659. The highest BCUT2D eigenvalue weighted by Crippen LogP contribution is 2.21. The molecule has 0 spiro atoms. The van der Waals surface area contributed by atoms with Crippen LogP contribution in [-0.4, -0.2) is 42.4 Å². The molecule has 1 saturated heterocycles. The number of nitrogens with one attached hydrogen (secondary N) is 2. The van der Waals surface area contributed by atoms with E-state index in [1.54, 1.807) is 31.2 Å². The van der Waals surface area contributed by atoms with E-state index in [2.05, 4.69) is 10.6 Å². The van der Waals surface area contributed by atoms with Gasteiger partial charge < -0.3 is 20.1 Å². The number of β-lactam (4-membered cyclic amide) rings is 1. The van der Waals surface area contributed by atoms with E-state index in [4.69, 9.17) is 9.47 Å². The van der Waals surface area contributed by atoms with E-state index < -0.39 is 17.9 Å². The second-order valence-electron chi connectivity index (χ2n) is 4.77. The number of ether oxygens (including phenoxy) is 2. The number of para-hydroxylation sites is 1. The lowest BCUT2D eigenvalue weighted by molar-refractivity contribution is -0.137. The van der Waals surface area contributed by atoms with E-state index >= 15 is 0 Å². The zero-order valence-corrected chi connectivity index (χ0v) is 13.9. The number of rotatable bonds is 8. The number of thioether (sulfide) groups is 1. The zero-order valence-electron chi connectivity index (χ0n) is 13.1. The molecule has 0 aromatic heterocycles. The van der Waals surface area contributed by atoms with Gasteiger partial charge in [-0.15, -0.1) is 11.8 Å². The molecule has 1 heterocycles. The molecule has 8 heteroatoms. The molecule has 0 radical (unpaired) electrons. The molecule has 2 N–H and O–H groups in total. The first-order valence-electron chi connectivity index (χ1n) is 7.36. The summed E-state index contributed by atoms with van der Waals surface area (Å²) in [5, 5.41) is 6.45. The van der Waals surface area contributed by atoms with E-state index in [1.807, 2.05) is 6.07 Å². The molecule has 1 aliphatic heterocycles. The first kappa shape index (κ1) is 17.9. The van der Waals surface area contributed by atoms with Crippen molar-refractivity contribution in [1.82, 2.24) is 10.6 Å². The molecule has 0 unspecified atom stereocenters. The SMILES string of the molecule is CCOC(=O)C=CS[C@H]1NC(=O)[C@H]1NC(=O)COc1ccccc1. The standard InChI is InChI=1S/C16H18N2O5S/c1-2-22-13(20)8-9-24-16-14(15(21)18-16)17-12(19)10-23-11-6-4-3-5-7-11/h3-9,14,16H,2,10H2,1H3,(H,17,19)(H,18,21)/t14-,16-/m1/s1. The van der Waals surface area contributed by atoms with Crippen LogP contribution in [-0.2, 0) is 19.1 Å². The van der Waals surface area contributed by atoms with Crippen molar-refractivity contribution in [3.8, 4) is 5.75 Å². The van der Waals surface area contributed by atoms with Crippen LogP contribution >= 0.6 is 11.8 Å². The smallest absolute Gasteiger partial charge is 0.331 e. The molecule has 1 aromatic carbocycles. The first-order valence-corrected chi connectivity index (χ1v) is 8.30. The maximum atomic E-state index is 11.9. The third-order valence-corrected chi connectivity index (χ3v) is 3.99. The summed E-state index contributed by atoms with van der Waals surface area (Å²) in [4.78, 5) is 34.6. The highest BCUT2D eigenvalue weighted by Gasteiger charge is 2.40. The highest BCUT2D eigenvalue weighted by molar-refractivity contribution is 8.02. The molecule has 128 valence electrons. The van der Waals surface area contributed by atoms with Gasteiger partial charge >= 0.3 is 5.97 Å². The first-order chi connectivity index (χ1) is 11.6. The molecule has 0 aliphatic carbocycles. The molecule has 2 rings (SSSR count). The molecule has 2 amide bonds. The maximum Gasteiger partial charge on any atom is 0.331 e. The molecule has 7 nitrogen and oxygen atoms in total. The van der Waals surface area contributed by atoms with Crippen LogP contribution in [0, 0.1) is 0 Å². The summed E-state index contributed by atoms with van der Waals surface area (Å²) in [5.74, 6) is -0.537. The quantitative estimate of drug-likeness (QED) is 0.409. The van der Waals surface area contributed by atoms with Crippen molar-refractivity contribution in [3.63, 3.8) is 0 Å². The van der Waals surface area contributed by atoms with Crippen molar-refractivity contribution < 1.29 is 23.9 Å². The Balaban J connectivity index is 1.74. The van der Waals surface area contributed by atoms with Crippen LogP contribution in [0.25, 0.3) is 0 Å². The molecular formula is C16H18N2O5S. The second-order valence-corrected chi connectivity index (χ2v) is 5.82. The van der Waals surface area contributed by atoms with Gasteiger partial charge in [-0.25, -0.2) is 4.79 Å². The van der Waals surface area contributed by atoms with Crippen molar-refractivity contribution in [2.45, 2.75) is 18.3 Å². The number of carbonyl (C=O) groups is 3. The molecule has 0 bridgehead atoms. The molecule has 24 heavy (non-hydrogen) atoms. The molecule has 1 fully saturated rings.